The molecule has 0 fully saturated rings. The molecule has 0 saturated carbocycles. The predicted octanol–water partition coefficient (Wildman–Crippen LogP) is 2.74. The van der Waals surface area contributed by atoms with Crippen LogP contribution >= 0.6 is 12.2 Å². The van der Waals surface area contributed by atoms with E-state index in [1.165, 1.54) is 12.1 Å². The summed E-state index contributed by atoms with van der Waals surface area (Å²) in [7, 11) is -3.67. The van der Waals surface area contributed by atoms with E-state index in [0.29, 0.717) is 11.3 Å². The summed E-state index contributed by atoms with van der Waals surface area (Å²) in [6.07, 6.45) is 0. The van der Waals surface area contributed by atoms with Crippen molar-refractivity contribution in [1.29, 1.82) is 0 Å². The molecule has 0 aliphatic heterocycles. The molecule has 3 N–H and O–H groups in total. The Bertz CT molecular complexity index is 779. The summed E-state index contributed by atoms with van der Waals surface area (Å²) in [5.74, 6) is 0. The number of nitrogens with two attached hydrogens (primary N) is 1. The molecule has 2 aromatic rings. The van der Waals surface area contributed by atoms with Gasteiger partial charge in [0.05, 0.1) is 4.90 Å². The normalized spacial score (nSPS) is 11.1. The van der Waals surface area contributed by atoms with Crippen molar-refractivity contribution in [3.8, 4) is 0 Å². The summed E-state index contributed by atoms with van der Waals surface area (Å²) in [4.78, 5) is 0.297. The molecular formula is C15H16N2O2S2. The molecule has 0 bridgehead atoms. The second-order valence-electron chi connectivity index (χ2n) is 4.87. The highest BCUT2D eigenvalue weighted by Crippen LogP contribution is 2.19. The molecule has 0 aliphatic carbocycles. The highest BCUT2D eigenvalue weighted by atomic mass is 32.2. The molecule has 2 rings (SSSR count). The highest BCUT2D eigenvalue weighted by molar-refractivity contribution is 7.92. The molecule has 0 heterocycles. The van der Waals surface area contributed by atoms with Gasteiger partial charge in [0, 0.05) is 11.3 Å². The molecule has 0 aliphatic rings. The van der Waals surface area contributed by atoms with Gasteiger partial charge in [-0.05, 0) is 49.2 Å². The SMILES string of the molecule is Cc1cc(C)cc(NS(=O)(=O)c2cccc(C(N)=S)c2)c1. The quantitative estimate of drug-likeness (QED) is 0.850. The van der Waals surface area contributed by atoms with Gasteiger partial charge >= 0.3 is 0 Å². The first-order valence-corrected chi connectivity index (χ1v) is 8.18. The van der Waals surface area contributed by atoms with E-state index in [1.54, 1.807) is 24.3 Å². The van der Waals surface area contributed by atoms with Gasteiger partial charge in [0.2, 0.25) is 0 Å². The maximum atomic E-state index is 12.4. The van der Waals surface area contributed by atoms with Crippen LogP contribution in [0.15, 0.2) is 47.4 Å². The van der Waals surface area contributed by atoms with Crippen LogP contribution in [0.1, 0.15) is 16.7 Å². The first-order chi connectivity index (χ1) is 9.78. The Kier molecular flexibility index (Phi) is 4.29. The molecule has 21 heavy (non-hydrogen) atoms. The van der Waals surface area contributed by atoms with Crippen LogP contribution in [0.2, 0.25) is 0 Å². The van der Waals surface area contributed by atoms with Gasteiger partial charge in [-0.25, -0.2) is 8.42 Å². The molecule has 0 unspecified atom stereocenters. The summed E-state index contributed by atoms with van der Waals surface area (Å²) in [5.41, 5.74) is 8.57. The fourth-order valence-electron chi connectivity index (χ4n) is 2.06. The van der Waals surface area contributed by atoms with E-state index in [2.05, 4.69) is 4.72 Å². The number of sulfonamides is 1. The maximum absolute atomic E-state index is 12.4. The third-order valence-corrected chi connectivity index (χ3v) is 4.52. The molecule has 4 nitrogen and oxygen atoms in total. The van der Waals surface area contributed by atoms with Crippen LogP contribution in [-0.4, -0.2) is 13.4 Å². The average Bonchev–Trinajstić information content (AvgIpc) is 2.37. The maximum Gasteiger partial charge on any atom is 0.261 e. The second kappa shape index (κ2) is 5.83. The summed E-state index contributed by atoms with van der Waals surface area (Å²) < 4.78 is 27.4. The number of thiocarbonyl (C=S) groups is 1. The van der Waals surface area contributed by atoms with Gasteiger partial charge in [-0.1, -0.05) is 30.4 Å². The van der Waals surface area contributed by atoms with Crippen LogP contribution in [0.5, 0.6) is 0 Å². The Morgan fingerprint density at radius 3 is 2.29 bits per heavy atom. The molecular weight excluding hydrogens is 304 g/mol. The van der Waals surface area contributed by atoms with Crippen LogP contribution in [0.3, 0.4) is 0 Å². The fourth-order valence-corrected chi connectivity index (χ4v) is 3.28. The zero-order valence-electron chi connectivity index (χ0n) is 11.8. The molecule has 0 radical (unpaired) electrons. The van der Waals surface area contributed by atoms with Gasteiger partial charge in [-0.2, -0.15) is 0 Å². The summed E-state index contributed by atoms with van der Waals surface area (Å²) in [6, 6.07) is 11.8. The minimum Gasteiger partial charge on any atom is -0.389 e. The monoisotopic (exact) mass is 320 g/mol. The summed E-state index contributed by atoms with van der Waals surface area (Å²) >= 11 is 4.87. The van der Waals surface area contributed by atoms with E-state index in [9.17, 15) is 8.42 Å². The number of aryl methyl sites for hydroxylation is 2. The van der Waals surface area contributed by atoms with E-state index >= 15 is 0 Å². The lowest BCUT2D eigenvalue weighted by Crippen LogP contribution is -2.15. The number of rotatable bonds is 4. The molecule has 0 spiro atoms. The molecule has 2 aromatic carbocycles. The van der Waals surface area contributed by atoms with Crippen LogP contribution in [0, 0.1) is 13.8 Å². The van der Waals surface area contributed by atoms with Gasteiger partial charge in [0.25, 0.3) is 10.0 Å². The minimum atomic E-state index is -3.67. The number of benzene rings is 2. The van der Waals surface area contributed by atoms with Crippen molar-refractivity contribution < 1.29 is 8.42 Å². The van der Waals surface area contributed by atoms with Crippen molar-refractivity contribution in [3.05, 3.63) is 59.2 Å². The van der Waals surface area contributed by atoms with Crippen molar-refractivity contribution in [2.75, 3.05) is 4.72 Å². The van der Waals surface area contributed by atoms with Gasteiger partial charge in [-0.15, -0.1) is 0 Å². The molecule has 0 aromatic heterocycles. The van der Waals surface area contributed by atoms with E-state index < -0.39 is 10.0 Å². The third kappa shape index (κ3) is 3.80. The highest BCUT2D eigenvalue weighted by Gasteiger charge is 2.15. The van der Waals surface area contributed by atoms with Crippen molar-refractivity contribution in [3.63, 3.8) is 0 Å². The van der Waals surface area contributed by atoms with Crippen molar-refractivity contribution in [2.24, 2.45) is 5.73 Å². The van der Waals surface area contributed by atoms with Crippen molar-refractivity contribution >= 4 is 32.9 Å². The van der Waals surface area contributed by atoms with Crippen LogP contribution in [0.4, 0.5) is 5.69 Å². The third-order valence-electron chi connectivity index (χ3n) is 2.90. The van der Waals surface area contributed by atoms with Crippen molar-refractivity contribution in [2.45, 2.75) is 18.7 Å². The predicted molar refractivity (Wildman–Crippen MR) is 89.1 cm³/mol. The molecule has 6 heteroatoms. The fraction of sp³-hybridized carbons (Fsp3) is 0.133. The van der Waals surface area contributed by atoms with E-state index in [1.807, 2.05) is 19.9 Å². The lowest BCUT2D eigenvalue weighted by atomic mass is 10.1. The Balaban J connectivity index is 2.38. The smallest absolute Gasteiger partial charge is 0.261 e. The van der Waals surface area contributed by atoms with Crippen LogP contribution in [-0.2, 0) is 10.0 Å². The topological polar surface area (TPSA) is 72.2 Å². The van der Waals surface area contributed by atoms with Gasteiger partial charge in [0.1, 0.15) is 4.99 Å². The number of hydrogen-bond acceptors (Lipinski definition) is 3. The molecule has 0 atom stereocenters. The van der Waals surface area contributed by atoms with Crippen LogP contribution < -0.4 is 10.5 Å². The lowest BCUT2D eigenvalue weighted by molar-refractivity contribution is 0.601. The first kappa shape index (κ1) is 15.5. The molecule has 0 amide bonds. The Morgan fingerprint density at radius 2 is 1.71 bits per heavy atom. The zero-order valence-corrected chi connectivity index (χ0v) is 13.4. The zero-order chi connectivity index (χ0) is 15.6. The van der Waals surface area contributed by atoms with Crippen LogP contribution in [0.25, 0.3) is 0 Å². The number of anilines is 1. The van der Waals surface area contributed by atoms with E-state index in [0.717, 1.165) is 11.1 Å². The Labute approximate surface area is 130 Å². The van der Waals surface area contributed by atoms with Crippen molar-refractivity contribution in [1.82, 2.24) is 0 Å². The second-order valence-corrected chi connectivity index (χ2v) is 7.00. The summed E-state index contributed by atoms with van der Waals surface area (Å²) in [6.45, 7) is 3.83. The Morgan fingerprint density at radius 1 is 1.10 bits per heavy atom. The summed E-state index contributed by atoms with van der Waals surface area (Å²) in [5, 5.41) is 0. The minimum absolute atomic E-state index is 0.131. The number of nitrogens with one attached hydrogen (secondary N) is 1. The van der Waals surface area contributed by atoms with E-state index in [4.69, 9.17) is 18.0 Å². The van der Waals surface area contributed by atoms with Gasteiger partial charge in [-0.3, -0.25) is 4.72 Å². The first-order valence-electron chi connectivity index (χ1n) is 6.29. The number of hydrogen-bond donors (Lipinski definition) is 2. The average molecular weight is 320 g/mol. The standard InChI is InChI=1S/C15H16N2O2S2/c1-10-6-11(2)8-13(7-10)17-21(18,19)14-5-3-4-12(9-14)15(16)20/h3-9,17H,1-2H3,(H2,16,20). The Hall–Kier alpha value is -1.92. The molecule has 110 valence electrons. The van der Waals surface area contributed by atoms with Gasteiger partial charge in [0.15, 0.2) is 0 Å². The molecule has 0 saturated heterocycles. The van der Waals surface area contributed by atoms with E-state index in [-0.39, 0.29) is 9.88 Å². The largest absolute Gasteiger partial charge is 0.389 e. The van der Waals surface area contributed by atoms with Gasteiger partial charge < -0.3 is 5.73 Å². The lowest BCUT2D eigenvalue weighted by Gasteiger charge is -2.10.